The van der Waals surface area contributed by atoms with E-state index in [9.17, 15) is 26.8 Å². The van der Waals surface area contributed by atoms with E-state index in [2.05, 4.69) is 0 Å². The molecule has 1 aromatic rings. The Morgan fingerprint density at radius 3 is 2.27 bits per heavy atom. The highest BCUT2D eigenvalue weighted by Gasteiger charge is 2.48. The lowest BCUT2D eigenvalue weighted by molar-refractivity contribution is 0.0769. The fourth-order valence-electron chi connectivity index (χ4n) is 0.765. The van der Waals surface area contributed by atoms with E-state index in [1.165, 1.54) is 4.98 Å². The molecule has 0 unspecified atom stereocenters. The van der Waals surface area contributed by atoms with Gasteiger partial charge in [-0.05, 0) is 0 Å². The second-order valence-electron chi connectivity index (χ2n) is 2.48. The number of aromatic amines is 2. The van der Waals surface area contributed by atoms with Crippen LogP contribution in [0.25, 0.3) is 0 Å². The van der Waals surface area contributed by atoms with Crippen LogP contribution in [-0.2, 0) is 15.4 Å². The quantitative estimate of drug-likeness (QED) is 0.574. The Labute approximate surface area is 80.5 Å². The number of H-pyrrole nitrogens is 2. The maximum absolute atomic E-state index is 12.9. The van der Waals surface area contributed by atoms with Crippen LogP contribution in [0.15, 0.2) is 15.8 Å². The minimum absolute atomic E-state index is 0.217. The standard InChI is InChI=1S/C5H4F2N2O5S/c6-5(7,15(12,13)14)2-1-8-4(11)9-3(2)10/h1H,(H,12,13,14)(H2,8,9,10,11). The Morgan fingerprint density at radius 2 is 1.87 bits per heavy atom. The lowest BCUT2D eigenvalue weighted by Crippen LogP contribution is -2.35. The van der Waals surface area contributed by atoms with Gasteiger partial charge in [0.2, 0.25) is 0 Å². The molecule has 0 saturated heterocycles. The molecular weight excluding hydrogens is 238 g/mol. The molecule has 3 N–H and O–H groups in total. The predicted molar refractivity (Wildman–Crippen MR) is 43.1 cm³/mol. The van der Waals surface area contributed by atoms with Crippen molar-refractivity contribution in [1.29, 1.82) is 0 Å². The summed E-state index contributed by atoms with van der Waals surface area (Å²) in [6.45, 7) is 0. The Morgan fingerprint density at radius 1 is 1.33 bits per heavy atom. The molecule has 0 amide bonds. The third-order valence-electron chi connectivity index (χ3n) is 1.46. The molecule has 0 aliphatic rings. The fourth-order valence-corrected chi connectivity index (χ4v) is 1.19. The zero-order chi connectivity index (χ0) is 11.9. The van der Waals surface area contributed by atoms with Gasteiger partial charge in [-0.1, -0.05) is 0 Å². The van der Waals surface area contributed by atoms with Gasteiger partial charge in [0.15, 0.2) is 0 Å². The Bertz CT molecular complexity index is 586. The van der Waals surface area contributed by atoms with Crippen molar-refractivity contribution in [3.05, 3.63) is 32.6 Å². The van der Waals surface area contributed by atoms with Crippen molar-refractivity contribution >= 4 is 10.1 Å². The van der Waals surface area contributed by atoms with Crippen LogP contribution in [0.5, 0.6) is 0 Å². The third-order valence-corrected chi connectivity index (χ3v) is 2.32. The van der Waals surface area contributed by atoms with Crippen molar-refractivity contribution in [1.82, 2.24) is 9.97 Å². The van der Waals surface area contributed by atoms with Crippen LogP contribution in [0, 0.1) is 0 Å². The predicted octanol–water partition coefficient (Wildman–Crippen LogP) is -1.000. The molecule has 1 heterocycles. The second-order valence-corrected chi connectivity index (χ2v) is 3.94. The summed E-state index contributed by atoms with van der Waals surface area (Å²) < 4.78 is 54.4. The molecule has 0 aromatic carbocycles. The topological polar surface area (TPSA) is 120 Å². The van der Waals surface area contributed by atoms with Crippen molar-refractivity contribution < 1.29 is 21.8 Å². The molecule has 0 atom stereocenters. The highest BCUT2D eigenvalue weighted by atomic mass is 32.2. The third kappa shape index (κ3) is 1.94. The lowest BCUT2D eigenvalue weighted by Gasteiger charge is -2.10. The van der Waals surface area contributed by atoms with Gasteiger partial charge in [0, 0.05) is 6.20 Å². The Balaban J connectivity index is 3.55. The van der Waals surface area contributed by atoms with E-state index >= 15 is 0 Å². The molecule has 1 aromatic heterocycles. The molecule has 10 heteroatoms. The number of aromatic nitrogens is 2. The molecule has 0 saturated carbocycles. The van der Waals surface area contributed by atoms with Crippen molar-refractivity contribution in [2.45, 2.75) is 5.25 Å². The summed E-state index contributed by atoms with van der Waals surface area (Å²) in [6, 6.07) is 0. The number of alkyl halides is 2. The summed E-state index contributed by atoms with van der Waals surface area (Å²) in [5.74, 6) is 0. The molecule has 0 aliphatic carbocycles. The van der Waals surface area contributed by atoms with Gasteiger partial charge in [-0.3, -0.25) is 14.3 Å². The van der Waals surface area contributed by atoms with Crippen molar-refractivity contribution in [2.24, 2.45) is 0 Å². The Kier molecular flexibility index (Phi) is 2.49. The zero-order valence-corrected chi connectivity index (χ0v) is 7.64. The number of hydrogen-bond donors (Lipinski definition) is 3. The first-order valence-corrected chi connectivity index (χ1v) is 4.77. The smallest absolute Gasteiger partial charge is 0.314 e. The van der Waals surface area contributed by atoms with Gasteiger partial charge < -0.3 is 4.98 Å². The maximum Gasteiger partial charge on any atom is 0.401 e. The van der Waals surface area contributed by atoms with E-state index in [0.29, 0.717) is 0 Å². The van der Waals surface area contributed by atoms with Crippen LogP contribution in [-0.4, -0.2) is 22.9 Å². The molecular formula is C5H4F2N2O5S. The molecule has 15 heavy (non-hydrogen) atoms. The largest absolute Gasteiger partial charge is 0.401 e. The van der Waals surface area contributed by atoms with E-state index in [1.807, 2.05) is 0 Å². The minimum atomic E-state index is -5.77. The van der Waals surface area contributed by atoms with Crippen molar-refractivity contribution in [2.75, 3.05) is 0 Å². The Hall–Kier alpha value is -1.55. The van der Waals surface area contributed by atoms with Crippen LogP contribution in [0.4, 0.5) is 8.78 Å². The lowest BCUT2D eigenvalue weighted by atomic mass is 10.3. The van der Waals surface area contributed by atoms with E-state index in [0.717, 1.165) is 0 Å². The number of halogens is 2. The van der Waals surface area contributed by atoms with Crippen LogP contribution in [0.2, 0.25) is 0 Å². The normalized spacial score (nSPS) is 12.7. The molecule has 7 nitrogen and oxygen atoms in total. The van der Waals surface area contributed by atoms with Crippen molar-refractivity contribution in [3.63, 3.8) is 0 Å². The maximum atomic E-state index is 12.9. The monoisotopic (exact) mass is 242 g/mol. The fraction of sp³-hybridized carbons (Fsp3) is 0.200. The van der Waals surface area contributed by atoms with Gasteiger partial charge in [-0.2, -0.15) is 17.2 Å². The average molecular weight is 242 g/mol. The molecule has 0 radical (unpaired) electrons. The summed E-state index contributed by atoms with van der Waals surface area (Å²) in [4.78, 5) is 24.3. The van der Waals surface area contributed by atoms with E-state index in [-0.39, 0.29) is 6.20 Å². The zero-order valence-electron chi connectivity index (χ0n) is 6.82. The van der Waals surface area contributed by atoms with E-state index in [1.54, 1.807) is 4.98 Å². The van der Waals surface area contributed by atoms with Gasteiger partial charge in [-0.15, -0.1) is 0 Å². The van der Waals surface area contributed by atoms with Crippen LogP contribution in [0.3, 0.4) is 0 Å². The van der Waals surface area contributed by atoms with Crippen LogP contribution in [0.1, 0.15) is 5.56 Å². The summed E-state index contributed by atoms with van der Waals surface area (Å²) in [6.07, 6.45) is 0.217. The first kappa shape index (κ1) is 11.5. The summed E-state index contributed by atoms with van der Waals surface area (Å²) in [5.41, 5.74) is -4.24. The molecule has 0 aliphatic heterocycles. The van der Waals surface area contributed by atoms with Crippen LogP contribution < -0.4 is 11.2 Å². The summed E-state index contributed by atoms with van der Waals surface area (Å²) >= 11 is 0. The highest BCUT2D eigenvalue weighted by Crippen LogP contribution is 2.29. The van der Waals surface area contributed by atoms with Gasteiger partial charge in [-0.25, -0.2) is 4.79 Å². The molecule has 0 spiro atoms. The number of rotatable bonds is 2. The van der Waals surface area contributed by atoms with E-state index < -0.39 is 32.2 Å². The summed E-state index contributed by atoms with van der Waals surface area (Å²) in [5, 5.41) is -4.77. The molecule has 84 valence electrons. The first-order chi connectivity index (χ1) is 6.66. The SMILES string of the molecule is O=c1[nH]cc(C(F)(F)S(=O)(=O)O)c(=O)[nH]1. The summed E-state index contributed by atoms with van der Waals surface area (Å²) in [7, 11) is -5.77. The van der Waals surface area contributed by atoms with E-state index in [4.69, 9.17) is 4.55 Å². The van der Waals surface area contributed by atoms with Gasteiger partial charge in [0.1, 0.15) is 5.56 Å². The molecule has 0 fully saturated rings. The number of nitrogens with one attached hydrogen (secondary N) is 2. The van der Waals surface area contributed by atoms with Crippen LogP contribution >= 0.6 is 0 Å². The van der Waals surface area contributed by atoms with Gasteiger partial charge in [0.25, 0.3) is 5.56 Å². The average Bonchev–Trinajstić information content (AvgIpc) is 2.00. The molecule has 1 rings (SSSR count). The van der Waals surface area contributed by atoms with Gasteiger partial charge >= 0.3 is 21.1 Å². The highest BCUT2D eigenvalue weighted by molar-refractivity contribution is 7.86. The first-order valence-electron chi connectivity index (χ1n) is 3.33. The van der Waals surface area contributed by atoms with Gasteiger partial charge in [0.05, 0.1) is 0 Å². The number of hydrogen-bond acceptors (Lipinski definition) is 4. The minimum Gasteiger partial charge on any atom is -0.314 e. The van der Waals surface area contributed by atoms with Crippen molar-refractivity contribution in [3.8, 4) is 0 Å². The molecule has 0 bridgehead atoms. The second kappa shape index (κ2) is 3.24.